The van der Waals surface area contributed by atoms with Crippen LogP contribution in [0.2, 0.25) is 0 Å². The molecule has 0 spiro atoms. The van der Waals surface area contributed by atoms with Crippen molar-refractivity contribution in [2.75, 3.05) is 22.1 Å². The first-order valence-electron chi connectivity index (χ1n) is 6.30. The van der Waals surface area contributed by atoms with E-state index in [1.54, 1.807) is 30.3 Å². The number of carbonyl (C=O) groups is 1. The predicted molar refractivity (Wildman–Crippen MR) is 91.6 cm³/mol. The van der Waals surface area contributed by atoms with Gasteiger partial charge in [-0.1, -0.05) is 6.07 Å². The van der Waals surface area contributed by atoms with Crippen LogP contribution in [0.4, 0.5) is 22.7 Å². The molecular weight excluding hydrogens is 284 g/mol. The molecule has 2 aromatic rings. The number of hydrogen-bond acceptors (Lipinski definition) is 4. The van der Waals surface area contributed by atoms with E-state index in [1.165, 1.54) is 6.92 Å². The van der Waals surface area contributed by atoms with Gasteiger partial charge < -0.3 is 22.1 Å². The maximum atomic E-state index is 11.5. The zero-order valence-electron chi connectivity index (χ0n) is 11.5. The largest absolute Gasteiger partial charge is 0.399 e. The summed E-state index contributed by atoms with van der Waals surface area (Å²) in [5, 5.41) is 6.38. The fourth-order valence-corrected chi connectivity index (χ4v) is 2.06. The Hall–Kier alpha value is -2.60. The molecule has 0 saturated carbocycles. The van der Waals surface area contributed by atoms with Gasteiger partial charge >= 0.3 is 0 Å². The quantitative estimate of drug-likeness (QED) is 0.396. The highest BCUT2D eigenvalue weighted by Crippen LogP contribution is 2.23. The highest BCUT2D eigenvalue weighted by atomic mass is 32.1. The van der Waals surface area contributed by atoms with Crippen molar-refractivity contribution in [3.05, 3.63) is 48.0 Å². The van der Waals surface area contributed by atoms with Gasteiger partial charge in [0.1, 0.15) is 0 Å². The highest BCUT2D eigenvalue weighted by Gasteiger charge is 2.09. The number of hydrogen-bond donors (Lipinski definition) is 4. The first kappa shape index (κ1) is 14.8. The molecule has 0 aliphatic carbocycles. The lowest BCUT2D eigenvalue weighted by molar-refractivity contribution is 0.101. The van der Waals surface area contributed by atoms with Crippen molar-refractivity contribution in [2.24, 2.45) is 0 Å². The average Bonchev–Trinajstić information content (AvgIpc) is 2.43. The summed E-state index contributed by atoms with van der Waals surface area (Å²) in [5.74, 6) is -0.0893. The van der Waals surface area contributed by atoms with E-state index < -0.39 is 0 Å². The summed E-state index contributed by atoms with van der Waals surface area (Å²) in [6.45, 7) is 1.47. The predicted octanol–water partition coefficient (Wildman–Crippen LogP) is 2.86. The zero-order valence-corrected chi connectivity index (χ0v) is 12.3. The number of benzene rings is 2. The maximum absolute atomic E-state index is 11.5. The molecule has 0 radical (unpaired) electrons. The number of thiocarbonyl (C=S) groups is 1. The fraction of sp³-hybridized carbons (Fsp3) is 0.0667. The van der Waals surface area contributed by atoms with Crippen LogP contribution in [0.15, 0.2) is 42.5 Å². The number of nitrogen functional groups attached to an aromatic ring is 2. The Kier molecular flexibility index (Phi) is 4.39. The van der Waals surface area contributed by atoms with Crippen LogP contribution in [-0.4, -0.2) is 10.9 Å². The van der Waals surface area contributed by atoms with Crippen LogP contribution in [0, 0.1) is 0 Å². The van der Waals surface area contributed by atoms with Crippen LogP contribution in [0.1, 0.15) is 17.3 Å². The zero-order chi connectivity index (χ0) is 15.4. The average molecular weight is 300 g/mol. The number of nitrogens with one attached hydrogen (secondary N) is 2. The van der Waals surface area contributed by atoms with Gasteiger partial charge in [0.25, 0.3) is 0 Å². The summed E-state index contributed by atoms with van der Waals surface area (Å²) in [6.07, 6.45) is 0. The minimum absolute atomic E-state index is 0.0893. The van der Waals surface area contributed by atoms with Crippen molar-refractivity contribution in [3.63, 3.8) is 0 Å². The maximum Gasteiger partial charge on any atom is 0.175 e. The highest BCUT2D eigenvalue weighted by molar-refractivity contribution is 7.80. The molecule has 0 aliphatic heterocycles. The van der Waals surface area contributed by atoms with Crippen LogP contribution in [0.25, 0.3) is 0 Å². The molecule has 0 amide bonds. The van der Waals surface area contributed by atoms with Crippen molar-refractivity contribution in [3.8, 4) is 0 Å². The van der Waals surface area contributed by atoms with Gasteiger partial charge in [0.2, 0.25) is 0 Å². The standard InChI is InChI=1S/C15H16N4OS/c1-9(20)12-3-2-4-13(14(12)17)19-15(21)18-11-7-5-10(16)6-8-11/h2-8H,16-17H2,1H3,(H2,18,19,21). The van der Waals surface area contributed by atoms with Crippen LogP contribution >= 0.6 is 12.2 Å². The van der Waals surface area contributed by atoms with Gasteiger partial charge in [-0.05, 0) is 55.5 Å². The van der Waals surface area contributed by atoms with Crippen LogP contribution in [-0.2, 0) is 0 Å². The second-order valence-electron chi connectivity index (χ2n) is 4.52. The summed E-state index contributed by atoms with van der Waals surface area (Å²) in [5.41, 5.74) is 14.5. The molecule has 0 aliphatic rings. The minimum atomic E-state index is -0.0893. The molecule has 108 valence electrons. The van der Waals surface area contributed by atoms with Gasteiger partial charge in [0, 0.05) is 16.9 Å². The number of Topliss-reactive ketones (excluding diaryl/α,β-unsaturated/α-hetero) is 1. The third-order valence-electron chi connectivity index (χ3n) is 2.90. The van der Waals surface area contributed by atoms with E-state index in [0.29, 0.717) is 27.7 Å². The monoisotopic (exact) mass is 300 g/mol. The van der Waals surface area contributed by atoms with Gasteiger partial charge in [0.15, 0.2) is 10.9 Å². The molecule has 6 N–H and O–H groups in total. The first-order chi connectivity index (χ1) is 9.97. The number of para-hydroxylation sites is 1. The molecular formula is C15H16N4OS. The molecule has 0 fully saturated rings. The van der Waals surface area contributed by atoms with E-state index in [2.05, 4.69) is 10.6 Å². The number of carbonyl (C=O) groups excluding carboxylic acids is 1. The van der Waals surface area contributed by atoms with Crippen molar-refractivity contribution in [1.29, 1.82) is 0 Å². The van der Waals surface area contributed by atoms with Crippen LogP contribution in [0.5, 0.6) is 0 Å². The topological polar surface area (TPSA) is 93.2 Å². The molecule has 0 aromatic heterocycles. The Morgan fingerprint density at radius 1 is 1.05 bits per heavy atom. The van der Waals surface area contributed by atoms with Crippen molar-refractivity contribution >= 4 is 45.9 Å². The van der Waals surface area contributed by atoms with Crippen molar-refractivity contribution < 1.29 is 4.79 Å². The van der Waals surface area contributed by atoms with E-state index in [9.17, 15) is 4.79 Å². The Morgan fingerprint density at radius 2 is 1.71 bits per heavy atom. The molecule has 2 rings (SSSR count). The molecule has 0 heterocycles. The summed E-state index contributed by atoms with van der Waals surface area (Å²) >= 11 is 5.23. The number of ketones is 1. The lowest BCUT2D eigenvalue weighted by Gasteiger charge is -2.14. The van der Waals surface area contributed by atoms with E-state index in [-0.39, 0.29) is 5.78 Å². The fourth-order valence-electron chi connectivity index (χ4n) is 1.83. The summed E-state index contributed by atoms with van der Waals surface area (Å²) in [6, 6.07) is 12.4. The third-order valence-corrected chi connectivity index (χ3v) is 3.11. The second kappa shape index (κ2) is 6.23. The summed E-state index contributed by atoms with van der Waals surface area (Å²) in [4.78, 5) is 11.5. The van der Waals surface area contributed by atoms with Gasteiger partial charge in [-0.2, -0.15) is 0 Å². The van der Waals surface area contributed by atoms with Crippen molar-refractivity contribution in [2.45, 2.75) is 6.92 Å². The van der Waals surface area contributed by atoms with Crippen LogP contribution < -0.4 is 22.1 Å². The van der Waals surface area contributed by atoms with E-state index in [1.807, 2.05) is 12.1 Å². The number of rotatable bonds is 3. The molecule has 0 bridgehead atoms. The van der Waals surface area contributed by atoms with Crippen LogP contribution in [0.3, 0.4) is 0 Å². The first-order valence-corrected chi connectivity index (χ1v) is 6.71. The second-order valence-corrected chi connectivity index (χ2v) is 4.93. The normalized spacial score (nSPS) is 9.95. The Morgan fingerprint density at radius 3 is 2.33 bits per heavy atom. The van der Waals surface area contributed by atoms with Gasteiger partial charge in [-0.15, -0.1) is 0 Å². The smallest absolute Gasteiger partial charge is 0.175 e. The lowest BCUT2D eigenvalue weighted by atomic mass is 10.1. The van der Waals surface area contributed by atoms with Gasteiger partial charge in [-0.25, -0.2) is 0 Å². The SMILES string of the molecule is CC(=O)c1cccc(NC(=S)Nc2ccc(N)cc2)c1N. The van der Waals surface area contributed by atoms with Gasteiger partial charge in [0.05, 0.1) is 11.4 Å². The minimum Gasteiger partial charge on any atom is -0.399 e. The lowest BCUT2D eigenvalue weighted by Crippen LogP contribution is -2.20. The van der Waals surface area contributed by atoms with E-state index in [4.69, 9.17) is 23.7 Å². The third kappa shape index (κ3) is 3.70. The Labute approximate surface area is 128 Å². The molecule has 0 unspecified atom stereocenters. The summed E-state index contributed by atoms with van der Waals surface area (Å²) < 4.78 is 0. The number of anilines is 4. The molecule has 21 heavy (non-hydrogen) atoms. The van der Waals surface area contributed by atoms with E-state index >= 15 is 0 Å². The summed E-state index contributed by atoms with van der Waals surface area (Å²) in [7, 11) is 0. The number of nitrogens with two attached hydrogens (primary N) is 2. The molecule has 5 nitrogen and oxygen atoms in total. The molecule has 0 saturated heterocycles. The molecule has 2 aromatic carbocycles. The van der Waals surface area contributed by atoms with Crippen molar-refractivity contribution in [1.82, 2.24) is 0 Å². The molecule has 6 heteroatoms. The van der Waals surface area contributed by atoms with Gasteiger partial charge in [-0.3, -0.25) is 4.79 Å². The molecule has 0 atom stereocenters. The Balaban J connectivity index is 2.11. The Bertz CT molecular complexity index is 683. The van der Waals surface area contributed by atoms with E-state index in [0.717, 1.165) is 5.69 Å².